The zero-order valence-electron chi connectivity index (χ0n) is 20.8. The van der Waals surface area contributed by atoms with Crippen LogP contribution in [0, 0.1) is 11.8 Å². The minimum absolute atomic E-state index is 0.0157. The molecule has 2 atom stereocenters. The number of carbonyl (C=O) groups is 2. The van der Waals surface area contributed by atoms with Gasteiger partial charge in [0, 0.05) is 50.0 Å². The molecule has 0 aliphatic heterocycles. The summed E-state index contributed by atoms with van der Waals surface area (Å²) in [6, 6.07) is 0.467. The monoisotopic (exact) mass is 443 g/mol. The molecule has 0 spiro atoms. The highest BCUT2D eigenvalue weighted by Gasteiger charge is 2.15. The molecule has 31 heavy (non-hydrogen) atoms. The molecule has 0 heterocycles. The lowest BCUT2D eigenvalue weighted by atomic mass is 10.0. The molecule has 2 unspecified atom stereocenters. The van der Waals surface area contributed by atoms with Crippen LogP contribution in [0.25, 0.3) is 0 Å². The summed E-state index contributed by atoms with van der Waals surface area (Å²) in [6.45, 7) is 14.0. The predicted octanol–water partition coefficient (Wildman–Crippen LogP) is 3.01. The Kier molecular flexibility index (Phi) is 17.7. The molecular formula is C24H49N3O4. The average Bonchev–Trinajstić information content (AvgIpc) is 2.68. The maximum Gasteiger partial charge on any atom is 0.222 e. The molecule has 0 aliphatic carbocycles. The summed E-state index contributed by atoms with van der Waals surface area (Å²) < 4.78 is 5.58. The lowest BCUT2D eigenvalue weighted by Gasteiger charge is -2.21. The normalized spacial score (nSPS) is 13.6. The summed E-state index contributed by atoms with van der Waals surface area (Å²) in [6.07, 6.45) is 6.23. The largest absolute Gasteiger partial charge is 0.396 e. The first-order chi connectivity index (χ1) is 14.6. The van der Waals surface area contributed by atoms with E-state index in [1.165, 1.54) is 0 Å². The van der Waals surface area contributed by atoms with Crippen LogP contribution in [0.5, 0.6) is 0 Å². The molecule has 7 nitrogen and oxygen atoms in total. The standard InChI is InChI=1S/C24H49N3O4/c1-18(2)24(30)26-14-10-8-12-22(27-19(3)4)15-23(29)25-13-9-7-11-21(16-28)17-31-20(5)6/h18-22,27-28H,7-17H2,1-6H3,(H,25,29)(H,26,30). The number of hydrogen-bond acceptors (Lipinski definition) is 5. The molecule has 4 N–H and O–H groups in total. The number of nitrogens with one attached hydrogen (secondary N) is 3. The molecule has 0 aliphatic rings. The van der Waals surface area contributed by atoms with Crippen LogP contribution in [0.4, 0.5) is 0 Å². The first-order valence-corrected chi connectivity index (χ1v) is 12.2. The van der Waals surface area contributed by atoms with Crippen molar-refractivity contribution in [2.24, 2.45) is 11.8 Å². The molecule has 0 fully saturated rings. The van der Waals surface area contributed by atoms with Crippen LogP contribution in [0.3, 0.4) is 0 Å². The van der Waals surface area contributed by atoms with E-state index in [4.69, 9.17) is 4.74 Å². The van der Waals surface area contributed by atoms with E-state index in [-0.39, 0.29) is 42.4 Å². The molecule has 0 aromatic heterocycles. The fourth-order valence-electron chi connectivity index (χ4n) is 3.28. The summed E-state index contributed by atoms with van der Waals surface area (Å²) in [7, 11) is 0. The predicted molar refractivity (Wildman–Crippen MR) is 127 cm³/mol. The van der Waals surface area contributed by atoms with Gasteiger partial charge in [0.15, 0.2) is 0 Å². The van der Waals surface area contributed by atoms with Crippen molar-refractivity contribution in [2.75, 3.05) is 26.3 Å². The smallest absolute Gasteiger partial charge is 0.222 e. The first kappa shape index (κ1) is 29.8. The number of hydrogen-bond donors (Lipinski definition) is 4. The van der Waals surface area contributed by atoms with Gasteiger partial charge in [0.05, 0.1) is 12.7 Å². The Morgan fingerprint density at radius 3 is 2.03 bits per heavy atom. The molecule has 2 amide bonds. The van der Waals surface area contributed by atoms with E-state index in [0.29, 0.717) is 32.2 Å². The minimum Gasteiger partial charge on any atom is -0.396 e. The van der Waals surface area contributed by atoms with Gasteiger partial charge in [0.1, 0.15) is 0 Å². The van der Waals surface area contributed by atoms with Gasteiger partial charge in [-0.05, 0) is 39.5 Å². The Hall–Kier alpha value is -1.18. The fraction of sp³-hybridized carbons (Fsp3) is 0.917. The van der Waals surface area contributed by atoms with E-state index < -0.39 is 0 Å². The second kappa shape index (κ2) is 18.4. The van der Waals surface area contributed by atoms with Crippen molar-refractivity contribution in [3.8, 4) is 0 Å². The van der Waals surface area contributed by atoms with Crippen molar-refractivity contribution in [3.05, 3.63) is 0 Å². The summed E-state index contributed by atoms with van der Waals surface area (Å²) in [5.74, 6) is 0.354. The first-order valence-electron chi connectivity index (χ1n) is 12.2. The summed E-state index contributed by atoms with van der Waals surface area (Å²) >= 11 is 0. The molecule has 7 heteroatoms. The molecule has 0 saturated heterocycles. The van der Waals surface area contributed by atoms with Gasteiger partial charge in [-0.2, -0.15) is 0 Å². The summed E-state index contributed by atoms with van der Waals surface area (Å²) in [4.78, 5) is 23.9. The number of amides is 2. The van der Waals surface area contributed by atoms with Crippen LogP contribution in [0.1, 0.15) is 86.5 Å². The van der Waals surface area contributed by atoms with Gasteiger partial charge in [-0.3, -0.25) is 9.59 Å². The lowest BCUT2D eigenvalue weighted by Crippen LogP contribution is -2.39. The van der Waals surface area contributed by atoms with E-state index >= 15 is 0 Å². The SMILES string of the molecule is CC(C)NC(CCCCNC(=O)C(C)C)CC(=O)NCCCCC(CO)COC(C)C. The Labute approximate surface area is 190 Å². The van der Waals surface area contributed by atoms with E-state index in [1.807, 2.05) is 27.7 Å². The highest BCUT2D eigenvalue weighted by Crippen LogP contribution is 2.10. The highest BCUT2D eigenvalue weighted by molar-refractivity contribution is 5.77. The van der Waals surface area contributed by atoms with Crippen molar-refractivity contribution in [3.63, 3.8) is 0 Å². The van der Waals surface area contributed by atoms with Crippen LogP contribution in [-0.4, -0.2) is 61.4 Å². The maximum absolute atomic E-state index is 12.4. The van der Waals surface area contributed by atoms with Gasteiger partial charge in [0.25, 0.3) is 0 Å². The van der Waals surface area contributed by atoms with Gasteiger partial charge < -0.3 is 25.8 Å². The molecule has 0 saturated carbocycles. The lowest BCUT2D eigenvalue weighted by molar-refractivity contribution is -0.124. The van der Waals surface area contributed by atoms with Crippen molar-refractivity contribution in [1.29, 1.82) is 0 Å². The van der Waals surface area contributed by atoms with Crippen molar-refractivity contribution >= 4 is 11.8 Å². The van der Waals surface area contributed by atoms with Crippen molar-refractivity contribution in [1.82, 2.24) is 16.0 Å². The number of aliphatic hydroxyl groups is 1. The molecule has 0 radical (unpaired) electrons. The summed E-state index contributed by atoms with van der Waals surface area (Å²) in [5, 5.41) is 18.9. The highest BCUT2D eigenvalue weighted by atomic mass is 16.5. The third kappa shape index (κ3) is 18.1. The van der Waals surface area contributed by atoms with E-state index in [1.54, 1.807) is 0 Å². The topological polar surface area (TPSA) is 99.7 Å². The second-order valence-corrected chi connectivity index (χ2v) is 9.44. The van der Waals surface area contributed by atoms with Crippen molar-refractivity contribution < 1.29 is 19.4 Å². The number of carbonyl (C=O) groups excluding carboxylic acids is 2. The quantitative estimate of drug-likeness (QED) is 0.230. The number of aliphatic hydroxyl groups excluding tert-OH is 1. The van der Waals surface area contributed by atoms with E-state index in [2.05, 4.69) is 29.8 Å². The zero-order valence-corrected chi connectivity index (χ0v) is 20.8. The van der Waals surface area contributed by atoms with Crippen LogP contribution in [-0.2, 0) is 14.3 Å². The number of ether oxygens (including phenoxy) is 1. The average molecular weight is 444 g/mol. The maximum atomic E-state index is 12.4. The fourth-order valence-corrected chi connectivity index (χ4v) is 3.28. The second-order valence-electron chi connectivity index (χ2n) is 9.44. The van der Waals surface area contributed by atoms with Gasteiger partial charge in [-0.15, -0.1) is 0 Å². The third-order valence-electron chi connectivity index (χ3n) is 5.09. The van der Waals surface area contributed by atoms with Gasteiger partial charge >= 0.3 is 0 Å². The third-order valence-corrected chi connectivity index (χ3v) is 5.09. The van der Waals surface area contributed by atoms with Crippen LogP contribution in [0.15, 0.2) is 0 Å². The van der Waals surface area contributed by atoms with Crippen LogP contribution in [0.2, 0.25) is 0 Å². The van der Waals surface area contributed by atoms with E-state index in [0.717, 1.165) is 38.5 Å². The van der Waals surface area contributed by atoms with E-state index in [9.17, 15) is 14.7 Å². The summed E-state index contributed by atoms with van der Waals surface area (Å²) in [5.41, 5.74) is 0. The number of rotatable bonds is 19. The number of unbranched alkanes of at least 4 members (excludes halogenated alkanes) is 2. The minimum atomic E-state index is 0.0157. The molecule has 184 valence electrons. The molecule has 0 rings (SSSR count). The Bertz CT molecular complexity index is 470. The molecule has 0 bridgehead atoms. The molecular weight excluding hydrogens is 394 g/mol. The molecule has 0 aromatic carbocycles. The van der Waals surface area contributed by atoms with Crippen LogP contribution < -0.4 is 16.0 Å². The van der Waals surface area contributed by atoms with Gasteiger partial charge in [0.2, 0.25) is 11.8 Å². The van der Waals surface area contributed by atoms with Gasteiger partial charge in [-0.1, -0.05) is 40.5 Å². The van der Waals surface area contributed by atoms with Gasteiger partial charge in [-0.25, -0.2) is 0 Å². The molecule has 0 aromatic rings. The Morgan fingerprint density at radius 2 is 1.48 bits per heavy atom. The zero-order chi connectivity index (χ0) is 23.6. The van der Waals surface area contributed by atoms with Crippen molar-refractivity contribution in [2.45, 2.75) is 105 Å². The Morgan fingerprint density at radius 1 is 0.871 bits per heavy atom. The van der Waals surface area contributed by atoms with Crippen LogP contribution >= 0.6 is 0 Å². The Balaban J connectivity index is 4.06.